The average molecular weight is 213 g/mol. The molecule has 1 atom stereocenters. The highest BCUT2D eigenvalue weighted by atomic mass is 32.1. The van der Waals surface area contributed by atoms with Gasteiger partial charge in [-0.15, -0.1) is 11.3 Å². The minimum absolute atomic E-state index is 0.211. The second kappa shape index (κ2) is 6.17. The van der Waals surface area contributed by atoms with Crippen LogP contribution in [0, 0.1) is 5.92 Å². The number of hydrogen-bond donors (Lipinski definition) is 2. The van der Waals surface area contributed by atoms with E-state index in [4.69, 9.17) is 10.8 Å². The molecular weight excluding hydrogens is 194 g/mol. The topological polar surface area (TPSA) is 46.2 Å². The van der Waals surface area contributed by atoms with Crippen LogP contribution in [0.25, 0.3) is 0 Å². The third kappa shape index (κ3) is 3.40. The van der Waals surface area contributed by atoms with Crippen molar-refractivity contribution in [3.8, 4) is 0 Å². The summed E-state index contributed by atoms with van der Waals surface area (Å²) in [5.41, 5.74) is 5.52. The molecule has 2 nitrogen and oxygen atoms in total. The molecule has 1 unspecified atom stereocenters. The Morgan fingerprint density at radius 3 is 2.64 bits per heavy atom. The molecule has 1 aromatic heterocycles. The standard InChI is InChI=1S/C11H19NOS/c1-2-10-5-6-11(14-10)4-3-9(7-12)8-13/h5-6,9,13H,2-4,7-8,12H2,1H3. The van der Waals surface area contributed by atoms with Crippen molar-refractivity contribution < 1.29 is 5.11 Å². The SMILES string of the molecule is CCc1ccc(CCC(CN)CO)s1. The van der Waals surface area contributed by atoms with Gasteiger partial charge in [-0.25, -0.2) is 0 Å². The fourth-order valence-corrected chi connectivity index (χ4v) is 2.35. The fraction of sp³-hybridized carbons (Fsp3) is 0.636. The second-order valence-electron chi connectivity index (χ2n) is 3.54. The molecule has 1 rings (SSSR count). The number of aryl methyl sites for hydroxylation is 2. The largest absolute Gasteiger partial charge is 0.396 e. The molecule has 3 N–H and O–H groups in total. The summed E-state index contributed by atoms with van der Waals surface area (Å²) in [6, 6.07) is 4.38. The van der Waals surface area contributed by atoms with Gasteiger partial charge in [0.05, 0.1) is 0 Å². The number of rotatable bonds is 6. The van der Waals surface area contributed by atoms with Crippen molar-refractivity contribution in [3.63, 3.8) is 0 Å². The van der Waals surface area contributed by atoms with Crippen LogP contribution in [0.4, 0.5) is 0 Å². The number of nitrogens with two attached hydrogens (primary N) is 1. The van der Waals surface area contributed by atoms with Crippen LogP contribution < -0.4 is 5.73 Å². The van der Waals surface area contributed by atoms with Gasteiger partial charge in [0, 0.05) is 16.4 Å². The Morgan fingerprint density at radius 1 is 1.43 bits per heavy atom. The maximum Gasteiger partial charge on any atom is 0.0471 e. The second-order valence-corrected chi connectivity index (χ2v) is 4.80. The maximum absolute atomic E-state index is 8.98. The molecule has 0 aromatic carbocycles. The molecule has 0 spiro atoms. The van der Waals surface area contributed by atoms with E-state index in [1.54, 1.807) is 0 Å². The van der Waals surface area contributed by atoms with Crippen molar-refractivity contribution in [3.05, 3.63) is 21.9 Å². The number of thiophene rings is 1. The van der Waals surface area contributed by atoms with Gasteiger partial charge in [-0.2, -0.15) is 0 Å². The molecule has 0 saturated heterocycles. The van der Waals surface area contributed by atoms with Crippen molar-refractivity contribution in [2.45, 2.75) is 26.2 Å². The first kappa shape index (κ1) is 11.7. The molecule has 0 saturated carbocycles. The molecule has 1 heterocycles. The predicted molar refractivity (Wildman–Crippen MR) is 61.6 cm³/mol. The van der Waals surface area contributed by atoms with Crippen molar-refractivity contribution >= 4 is 11.3 Å². The van der Waals surface area contributed by atoms with Gasteiger partial charge in [-0.05, 0) is 43.9 Å². The highest BCUT2D eigenvalue weighted by molar-refractivity contribution is 7.11. The highest BCUT2D eigenvalue weighted by Gasteiger charge is 2.06. The number of aliphatic hydroxyl groups excluding tert-OH is 1. The summed E-state index contributed by atoms with van der Waals surface area (Å²) >= 11 is 1.87. The maximum atomic E-state index is 8.98. The summed E-state index contributed by atoms with van der Waals surface area (Å²) in [5.74, 6) is 0.266. The highest BCUT2D eigenvalue weighted by Crippen LogP contribution is 2.19. The van der Waals surface area contributed by atoms with Crippen LogP contribution in [0.15, 0.2) is 12.1 Å². The summed E-state index contributed by atoms with van der Waals surface area (Å²) in [6.45, 7) is 2.97. The number of aliphatic hydroxyl groups is 1. The lowest BCUT2D eigenvalue weighted by Gasteiger charge is -2.09. The normalized spacial score (nSPS) is 13.1. The monoisotopic (exact) mass is 213 g/mol. The smallest absolute Gasteiger partial charge is 0.0471 e. The van der Waals surface area contributed by atoms with Gasteiger partial charge < -0.3 is 10.8 Å². The Bertz CT molecular complexity index is 256. The zero-order valence-electron chi connectivity index (χ0n) is 8.70. The first-order valence-corrected chi connectivity index (χ1v) is 6.00. The van der Waals surface area contributed by atoms with Crippen LogP contribution in [-0.2, 0) is 12.8 Å². The van der Waals surface area contributed by atoms with E-state index in [0.29, 0.717) is 6.54 Å². The minimum Gasteiger partial charge on any atom is -0.396 e. The van der Waals surface area contributed by atoms with E-state index in [0.717, 1.165) is 19.3 Å². The van der Waals surface area contributed by atoms with Crippen LogP contribution in [0.3, 0.4) is 0 Å². The molecule has 3 heteroatoms. The summed E-state index contributed by atoms with van der Waals surface area (Å²) in [6.07, 6.45) is 3.16. The van der Waals surface area contributed by atoms with Gasteiger partial charge in [-0.3, -0.25) is 0 Å². The summed E-state index contributed by atoms with van der Waals surface area (Å²) in [7, 11) is 0. The molecule has 80 valence electrons. The van der Waals surface area contributed by atoms with Gasteiger partial charge >= 0.3 is 0 Å². The van der Waals surface area contributed by atoms with E-state index in [1.807, 2.05) is 11.3 Å². The lowest BCUT2D eigenvalue weighted by molar-refractivity contribution is 0.223. The van der Waals surface area contributed by atoms with Gasteiger partial charge in [-0.1, -0.05) is 6.92 Å². The molecule has 0 aliphatic heterocycles. The third-order valence-corrected chi connectivity index (χ3v) is 3.75. The Balaban J connectivity index is 2.37. The Morgan fingerprint density at radius 2 is 2.14 bits per heavy atom. The Hall–Kier alpha value is -0.380. The lowest BCUT2D eigenvalue weighted by Crippen LogP contribution is -2.18. The van der Waals surface area contributed by atoms with Crippen LogP contribution >= 0.6 is 11.3 Å². The van der Waals surface area contributed by atoms with Gasteiger partial charge in [0.15, 0.2) is 0 Å². The Kier molecular flexibility index (Phi) is 5.15. The van der Waals surface area contributed by atoms with Crippen molar-refractivity contribution in [1.29, 1.82) is 0 Å². The average Bonchev–Trinajstić information content (AvgIpc) is 2.67. The van der Waals surface area contributed by atoms with E-state index < -0.39 is 0 Å². The lowest BCUT2D eigenvalue weighted by atomic mass is 10.0. The molecule has 0 aliphatic rings. The van der Waals surface area contributed by atoms with E-state index >= 15 is 0 Å². The van der Waals surface area contributed by atoms with Gasteiger partial charge in [0.2, 0.25) is 0 Å². The molecule has 0 fully saturated rings. The van der Waals surface area contributed by atoms with Crippen LogP contribution in [0.1, 0.15) is 23.1 Å². The predicted octanol–water partition coefficient (Wildman–Crippen LogP) is 1.81. The van der Waals surface area contributed by atoms with Gasteiger partial charge in [0.1, 0.15) is 0 Å². The van der Waals surface area contributed by atoms with Crippen molar-refractivity contribution in [2.75, 3.05) is 13.2 Å². The zero-order chi connectivity index (χ0) is 10.4. The summed E-state index contributed by atoms with van der Waals surface area (Å²) in [5, 5.41) is 8.98. The number of hydrogen-bond acceptors (Lipinski definition) is 3. The third-order valence-electron chi connectivity index (χ3n) is 2.46. The Labute approximate surface area is 89.8 Å². The van der Waals surface area contributed by atoms with E-state index in [2.05, 4.69) is 19.1 Å². The van der Waals surface area contributed by atoms with Crippen LogP contribution in [0.5, 0.6) is 0 Å². The van der Waals surface area contributed by atoms with E-state index in [-0.39, 0.29) is 12.5 Å². The van der Waals surface area contributed by atoms with E-state index in [9.17, 15) is 0 Å². The minimum atomic E-state index is 0.211. The summed E-state index contributed by atoms with van der Waals surface area (Å²) < 4.78 is 0. The van der Waals surface area contributed by atoms with Crippen molar-refractivity contribution in [2.24, 2.45) is 11.7 Å². The summed E-state index contributed by atoms with van der Waals surface area (Å²) in [4.78, 5) is 2.85. The molecule has 0 bridgehead atoms. The van der Waals surface area contributed by atoms with E-state index in [1.165, 1.54) is 9.75 Å². The fourth-order valence-electron chi connectivity index (χ4n) is 1.38. The molecule has 1 aromatic rings. The zero-order valence-corrected chi connectivity index (χ0v) is 9.52. The molecule has 14 heavy (non-hydrogen) atoms. The van der Waals surface area contributed by atoms with Crippen molar-refractivity contribution in [1.82, 2.24) is 0 Å². The van der Waals surface area contributed by atoms with Crippen LogP contribution in [-0.4, -0.2) is 18.3 Å². The first-order chi connectivity index (χ1) is 6.80. The quantitative estimate of drug-likeness (QED) is 0.757. The van der Waals surface area contributed by atoms with Crippen LogP contribution in [0.2, 0.25) is 0 Å². The first-order valence-electron chi connectivity index (χ1n) is 5.18. The van der Waals surface area contributed by atoms with Gasteiger partial charge in [0.25, 0.3) is 0 Å². The molecule has 0 radical (unpaired) electrons. The molecule has 0 aliphatic carbocycles. The molecule has 0 amide bonds. The molecular formula is C11H19NOS.